The monoisotopic (exact) mass is 227 g/mol. The summed E-state index contributed by atoms with van der Waals surface area (Å²) in [6, 6.07) is 2.07. The molecule has 1 aromatic rings. The molecule has 0 heterocycles. The third-order valence-corrected chi connectivity index (χ3v) is 3.23. The lowest BCUT2D eigenvalue weighted by molar-refractivity contribution is 0.606. The first-order valence-electron chi connectivity index (χ1n) is 4.77. The van der Waals surface area contributed by atoms with E-state index in [4.69, 9.17) is 0 Å². The van der Waals surface area contributed by atoms with Crippen LogP contribution in [0.25, 0.3) is 0 Å². The summed E-state index contributed by atoms with van der Waals surface area (Å²) in [4.78, 5) is 0. The summed E-state index contributed by atoms with van der Waals surface area (Å²) in [5.74, 6) is 0. The second-order valence-electron chi connectivity index (χ2n) is 4.01. The Kier molecular flexibility index (Phi) is 3.09. The van der Waals surface area contributed by atoms with Gasteiger partial charge in [-0.25, -0.2) is 8.42 Å². The van der Waals surface area contributed by atoms with Crippen LogP contribution in [-0.4, -0.2) is 14.7 Å². The summed E-state index contributed by atoms with van der Waals surface area (Å²) < 4.78 is 25.0. The Morgan fingerprint density at radius 2 is 1.40 bits per heavy atom. The van der Waals surface area contributed by atoms with Gasteiger partial charge < -0.3 is 0 Å². The predicted molar refractivity (Wildman–Crippen MR) is 63.9 cm³/mol. The largest absolute Gasteiger partial charge is 0.283 e. The third kappa shape index (κ3) is 2.72. The number of aryl methyl sites for hydroxylation is 2. The Hall–Kier alpha value is -1.03. The highest BCUT2D eigenvalue weighted by Gasteiger charge is 2.11. The molecule has 0 bridgehead atoms. The van der Waals surface area contributed by atoms with Crippen LogP contribution < -0.4 is 4.72 Å². The Morgan fingerprint density at radius 1 is 1.00 bits per heavy atom. The molecule has 84 valence electrons. The van der Waals surface area contributed by atoms with Crippen molar-refractivity contribution < 1.29 is 8.42 Å². The molecule has 1 rings (SSSR count). The summed E-state index contributed by atoms with van der Waals surface area (Å²) in [5, 5.41) is 0. The fraction of sp³-hybridized carbons (Fsp3) is 0.455. The maximum atomic E-state index is 11.2. The van der Waals surface area contributed by atoms with Crippen LogP contribution in [0.1, 0.15) is 22.3 Å². The van der Waals surface area contributed by atoms with Gasteiger partial charge in [0.2, 0.25) is 10.0 Å². The van der Waals surface area contributed by atoms with E-state index in [0.29, 0.717) is 0 Å². The average Bonchev–Trinajstić information content (AvgIpc) is 2.08. The van der Waals surface area contributed by atoms with Crippen LogP contribution in [0.15, 0.2) is 6.07 Å². The lowest BCUT2D eigenvalue weighted by atomic mass is 9.99. The van der Waals surface area contributed by atoms with Gasteiger partial charge in [-0.2, -0.15) is 0 Å². The van der Waals surface area contributed by atoms with E-state index in [1.807, 2.05) is 27.7 Å². The number of hydrogen-bond acceptors (Lipinski definition) is 2. The zero-order valence-electron chi connectivity index (χ0n) is 9.80. The molecule has 0 radical (unpaired) electrons. The fourth-order valence-electron chi connectivity index (χ4n) is 1.56. The smallest absolute Gasteiger partial charge is 0.229 e. The summed E-state index contributed by atoms with van der Waals surface area (Å²) in [6.45, 7) is 7.81. The Labute approximate surface area is 91.6 Å². The van der Waals surface area contributed by atoms with Crippen LogP contribution in [-0.2, 0) is 10.0 Å². The molecule has 0 atom stereocenters. The van der Waals surface area contributed by atoms with Crippen molar-refractivity contribution >= 4 is 15.7 Å². The van der Waals surface area contributed by atoms with Gasteiger partial charge in [0.1, 0.15) is 0 Å². The zero-order valence-corrected chi connectivity index (χ0v) is 10.6. The summed E-state index contributed by atoms with van der Waals surface area (Å²) in [6.07, 6.45) is 1.17. The molecule has 4 heteroatoms. The predicted octanol–water partition coefficient (Wildman–Crippen LogP) is 2.29. The van der Waals surface area contributed by atoms with Crippen molar-refractivity contribution in [2.24, 2.45) is 0 Å². The highest BCUT2D eigenvalue weighted by Crippen LogP contribution is 2.27. The van der Waals surface area contributed by atoms with E-state index in [9.17, 15) is 8.42 Å². The first-order chi connectivity index (χ1) is 6.72. The standard InChI is InChI=1S/C11H17NO2S/c1-7-6-8(2)10(4)11(9(7)3)12-15(5,13)14/h6,12H,1-5H3. The Bertz CT molecular complexity index is 464. The second-order valence-corrected chi connectivity index (χ2v) is 5.76. The molecular weight excluding hydrogens is 210 g/mol. The molecule has 0 spiro atoms. The quantitative estimate of drug-likeness (QED) is 0.842. The van der Waals surface area contributed by atoms with E-state index in [1.165, 1.54) is 6.26 Å². The molecule has 1 N–H and O–H groups in total. The van der Waals surface area contributed by atoms with Gasteiger partial charge >= 0.3 is 0 Å². The lowest BCUT2D eigenvalue weighted by Gasteiger charge is -2.15. The van der Waals surface area contributed by atoms with E-state index in [-0.39, 0.29) is 0 Å². The number of sulfonamides is 1. The molecule has 1 aromatic carbocycles. The van der Waals surface area contributed by atoms with Crippen molar-refractivity contribution in [3.63, 3.8) is 0 Å². The molecule has 0 aliphatic heterocycles. The van der Waals surface area contributed by atoms with Gasteiger partial charge in [-0.05, 0) is 49.9 Å². The summed E-state index contributed by atoms with van der Waals surface area (Å²) in [5.41, 5.74) is 4.90. The van der Waals surface area contributed by atoms with Gasteiger partial charge in [-0.15, -0.1) is 0 Å². The molecule has 3 nitrogen and oxygen atoms in total. The summed E-state index contributed by atoms with van der Waals surface area (Å²) in [7, 11) is -3.21. The van der Waals surface area contributed by atoms with E-state index in [1.54, 1.807) is 0 Å². The Morgan fingerprint density at radius 3 is 1.73 bits per heavy atom. The molecule has 0 unspecified atom stereocenters. The number of rotatable bonds is 2. The van der Waals surface area contributed by atoms with Crippen molar-refractivity contribution in [1.29, 1.82) is 0 Å². The molecule has 0 aliphatic carbocycles. The van der Waals surface area contributed by atoms with Gasteiger partial charge in [0.15, 0.2) is 0 Å². The number of benzene rings is 1. The number of nitrogens with one attached hydrogen (secondary N) is 1. The fourth-order valence-corrected chi connectivity index (χ4v) is 2.23. The molecule has 0 aliphatic rings. The topological polar surface area (TPSA) is 46.2 Å². The lowest BCUT2D eigenvalue weighted by Crippen LogP contribution is -2.12. The van der Waals surface area contributed by atoms with Gasteiger partial charge in [-0.1, -0.05) is 6.07 Å². The molecule has 0 saturated heterocycles. The van der Waals surface area contributed by atoms with Crippen molar-refractivity contribution in [3.05, 3.63) is 28.3 Å². The van der Waals surface area contributed by atoms with Gasteiger partial charge in [0.05, 0.1) is 11.9 Å². The van der Waals surface area contributed by atoms with Crippen molar-refractivity contribution in [3.8, 4) is 0 Å². The molecule has 0 aromatic heterocycles. The van der Waals surface area contributed by atoms with Crippen molar-refractivity contribution in [1.82, 2.24) is 0 Å². The Balaban J connectivity index is 3.40. The van der Waals surface area contributed by atoms with Crippen LogP contribution in [0.4, 0.5) is 5.69 Å². The summed E-state index contributed by atoms with van der Waals surface area (Å²) >= 11 is 0. The van der Waals surface area contributed by atoms with Gasteiger partial charge in [0.25, 0.3) is 0 Å². The van der Waals surface area contributed by atoms with Gasteiger partial charge in [0, 0.05) is 0 Å². The molecule has 0 saturated carbocycles. The number of hydrogen-bond donors (Lipinski definition) is 1. The van der Waals surface area contributed by atoms with Crippen molar-refractivity contribution in [2.75, 3.05) is 11.0 Å². The van der Waals surface area contributed by atoms with Crippen molar-refractivity contribution in [2.45, 2.75) is 27.7 Å². The van der Waals surface area contributed by atoms with Crippen LogP contribution in [0.2, 0.25) is 0 Å². The minimum atomic E-state index is -3.21. The van der Waals surface area contributed by atoms with Crippen LogP contribution in [0.3, 0.4) is 0 Å². The van der Waals surface area contributed by atoms with E-state index >= 15 is 0 Å². The van der Waals surface area contributed by atoms with Crippen LogP contribution in [0, 0.1) is 27.7 Å². The second kappa shape index (κ2) is 3.85. The molecule has 0 fully saturated rings. The normalized spacial score (nSPS) is 11.5. The minimum absolute atomic E-state index is 0.718. The maximum absolute atomic E-state index is 11.2. The highest BCUT2D eigenvalue weighted by atomic mass is 32.2. The maximum Gasteiger partial charge on any atom is 0.229 e. The molecule has 0 amide bonds. The average molecular weight is 227 g/mol. The molecule has 15 heavy (non-hydrogen) atoms. The zero-order chi connectivity index (χ0) is 11.8. The van der Waals surface area contributed by atoms with Gasteiger partial charge in [-0.3, -0.25) is 4.72 Å². The van der Waals surface area contributed by atoms with E-state index in [2.05, 4.69) is 10.8 Å². The third-order valence-electron chi connectivity index (χ3n) is 2.65. The first-order valence-corrected chi connectivity index (χ1v) is 6.66. The van der Waals surface area contributed by atoms with E-state index in [0.717, 1.165) is 27.9 Å². The van der Waals surface area contributed by atoms with E-state index < -0.39 is 10.0 Å². The first kappa shape index (κ1) is 12.0. The van der Waals surface area contributed by atoms with Crippen LogP contribution >= 0.6 is 0 Å². The molecular formula is C11H17NO2S. The minimum Gasteiger partial charge on any atom is -0.283 e. The van der Waals surface area contributed by atoms with Crippen LogP contribution in [0.5, 0.6) is 0 Å². The SMILES string of the molecule is Cc1cc(C)c(C)c(NS(C)(=O)=O)c1C. The highest BCUT2D eigenvalue weighted by molar-refractivity contribution is 7.92. The number of anilines is 1.